The molecule has 3 rings (SSSR count). The zero-order valence-corrected chi connectivity index (χ0v) is 15.7. The molecule has 0 saturated heterocycles. The molecule has 0 radical (unpaired) electrons. The Morgan fingerprint density at radius 2 is 2.00 bits per heavy atom. The minimum Gasteiger partial charge on any atom is -0.449 e. The van der Waals surface area contributed by atoms with Gasteiger partial charge in [-0.2, -0.15) is 0 Å². The third kappa shape index (κ3) is 5.15. The third-order valence-corrected chi connectivity index (χ3v) is 4.71. The highest BCUT2D eigenvalue weighted by Crippen LogP contribution is 2.28. The lowest BCUT2D eigenvalue weighted by Gasteiger charge is -2.10. The summed E-state index contributed by atoms with van der Waals surface area (Å²) in [6, 6.07) is 15.5. The maximum absolute atomic E-state index is 12.0. The van der Waals surface area contributed by atoms with Gasteiger partial charge in [-0.3, -0.25) is 4.79 Å². The van der Waals surface area contributed by atoms with Gasteiger partial charge in [0.05, 0.1) is 0 Å². The molecule has 2 aromatic heterocycles. The quantitative estimate of drug-likeness (QED) is 0.508. The van der Waals surface area contributed by atoms with Gasteiger partial charge in [-0.15, -0.1) is 11.3 Å². The number of anilines is 1. The monoisotopic (exact) mass is 382 g/mol. The maximum Gasteiger partial charge on any atom is 0.331 e. The number of hydrogen-bond donors (Lipinski definition) is 1. The van der Waals surface area contributed by atoms with Crippen molar-refractivity contribution < 1.29 is 18.8 Å². The number of nitrogens with one attached hydrogen (secondary N) is 1. The van der Waals surface area contributed by atoms with Crippen molar-refractivity contribution in [2.24, 2.45) is 0 Å². The van der Waals surface area contributed by atoms with Gasteiger partial charge >= 0.3 is 5.97 Å². The number of hydrogen-bond acceptors (Lipinski definition) is 6. The minimum atomic E-state index is -0.956. The number of benzene rings is 1. The molecule has 138 valence electrons. The van der Waals surface area contributed by atoms with Gasteiger partial charge < -0.3 is 14.6 Å². The molecule has 1 amide bonds. The molecule has 27 heavy (non-hydrogen) atoms. The van der Waals surface area contributed by atoms with Gasteiger partial charge in [0, 0.05) is 21.9 Å². The predicted molar refractivity (Wildman–Crippen MR) is 104 cm³/mol. The summed E-state index contributed by atoms with van der Waals surface area (Å²) < 4.78 is 9.98. The Hall–Kier alpha value is -3.19. The number of amides is 1. The van der Waals surface area contributed by atoms with Gasteiger partial charge in [0.15, 0.2) is 11.9 Å². The molecule has 1 aromatic carbocycles. The molecule has 0 aliphatic carbocycles. The van der Waals surface area contributed by atoms with Crippen molar-refractivity contribution in [3.05, 3.63) is 65.2 Å². The van der Waals surface area contributed by atoms with Gasteiger partial charge in [0.25, 0.3) is 5.91 Å². The van der Waals surface area contributed by atoms with E-state index in [0.29, 0.717) is 5.76 Å². The normalized spacial score (nSPS) is 12.1. The fourth-order valence-corrected chi connectivity index (χ4v) is 3.19. The molecule has 1 atom stereocenters. The molecular weight excluding hydrogens is 364 g/mol. The highest BCUT2D eigenvalue weighted by Gasteiger charge is 2.18. The van der Waals surface area contributed by atoms with E-state index in [0.717, 1.165) is 15.3 Å². The Morgan fingerprint density at radius 1 is 1.22 bits per heavy atom. The topological polar surface area (TPSA) is 81.4 Å². The molecule has 1 N–H and O–H groups in total. The Kier molecular flexibility index (Phi) is 5.83. The highest BCUT2D eigenvalue weighted by molar-refractivity contribution is 7.16. The first-order valence-electron chi connectivity index (χ1n) is 8.29. The van der Waals surface area contributed by atoms with Gasteiger partial charge in [0.1, 0.15) is 5.76 Å². The summed E-state index contributed by atoms with van der Waals surface area (Å²) >= 11 is 1.56. The van der Waals surface area contributed by atoms with E-state index < -0.39 is 18.0 Å². The van der Waals surface area contributed by atoms with Gasteiger partial charge in [-0.1, -0.05) is 35.5 Å². The number of rotatable bonds is 6. The van der Waals surface area contributed by atoms with Crippen molar-refractivity contribution in [3.8, 4) is 10.4 Å². The van der Waals surface area contributed by atoms with Crippen LogP contribution >= 0.6 is 11.3 Å². The van der Waals surface area contributed by atoms with E-state index in [9.17, 15) is 9.59 Å². The second kappa shape index (κ2) is 8.46. The number of aromatic nitrogens is 1. The lowest BCUT2D eigenvalue weighted by Crippen LogP contribution is -2.29. The van der Waals surface area contributed by atoms with Crippen molar-refractivity contribution in [1.29, 1.82) is 0 Å². The van der Waals surface area contributed by atoms with E-state index in [1.165, 1.54) is 13.0 Å². The van der Waals surface area contributed by atoms with E-state index in [4.69, 9.17) is 9.26 Å². The van der Waals surface area contributed by atoms with Crippen LogP contribution in [0.15, 0.2) is 59.1 Å². The first-order chi connectivity index (χ1) is 13.0. The molecule has 0 bridgehead atoms. The van der Waals surface area contributed by atoms with Crippen molar-refractivity contribution in [2.75, 3.05) is 5.32 Å². The lowest BCUT2D eigenvalue weighted by atomic mass is 10.2. The SMILES string of the molecule is Cc1cc(NC(=O)[C@@H](C)OC(=O)/C=C/c2ccc(-c3ccccc3)s2)no1. The average molecular weight is 382 g/mol. The number of aryl methyl sites for hydroxylation is 1. The molecular formula is C20H18N2O4S. The minimum absolute atomic E-state index is 0.281. The first kappa shape index (κ1) is 18.6. The number of carbonyl (C=O) groups excluding carboxylic acids is 2. The molecule has 0 aliphatic rings. The Labute approximate surface area is 160 Å². The van der Waals surface area contributed by atoms with Crippen LogP contribution < -0.4 is 5.32 Å². The van der Waals surface area contributed by atoms with Crippen LogP contribution in [0.2, 0.25) is 0 Å². The summed E-state index contributed by atoms with van der Waals surface area (Å²) in [6.07, 6.45) is 2.03. The Balaban J connectivity index is 1.54. The molecule has 2 heterocycles. The van der Waals surface area contributed by atoms with Crippen molar-refractivity contribution in [3.63, 3.8) is 0 Å². The van der Waals surface area contributed by atoms with Crippen molar-refractivity contribution >= 4 is 35.1 Å². The van der Waals surface area contributed by atoms with E-state index in [-0.39, 0.29) is 5.82 Å². The second-order valence-electron chi connectivity index (χ2n) is 5.79. The maximum atomic E-state index is 12.0. The molecule has 0 spiro atoms. The molecule has 3 aromatic rings. The van der Waals surface area contributed by atoms with E-state index in [1.54, 1.807) is 30.4 Å². The molecule has 0 saturated carbocycles. The number of nitrogens with zero attached hydrogens (tertiary/aromatic N) is 1. The zero-order valence-electron chi connectivity index (χ0n) is 14.8. The van der Waals surface area contributed by atoms with Gasteiger partial charge in [0.2, 0.25) is 0 Å². The number of carbonyl (C=O) groups is 2. The summed E-state index contributed by atoms with van der Waals surface area (Å²) in [5, 5.41) is 6.18. The molecule has 0 unspecified atom stereocenters. The summed E-state index contributed by atoms with van der Waals surface area (Å²) in [7, 11) is 0. The third-order valence-electron chi connectivity index (χ3n) is 3.61. The summed E-state index contributed by atoms with van der Waals surface area (Å²) in [5.41, 5.74) is 1.12. The summed E-state index contributed by atoms with van der Waals surface area (Å²) in [4.78, 5) is 26.0. The van der Waals surface area contributed by atoms with Crippen LogP contribution in [0.5, 0.6) is 0 Å². The molecule has 0 aliphatic heterocycles. The van der Waals surface area contributed by atoms with E-state index in [2.05, 4.69) is 10.5 Å². The van der Waals surface area contributed by atoms with Crippen LogP contribution in [0.1, 0.15) is 17.6 Å². The van der Waals surface area contributed by atoms with Crippen LogP contribution in [0.3, 0.4) is 0 Å². The number of thiophene rings is 1. The summed E-state index contributed by atoms with van der Waals surface area (Å²) in [6.45, 7) is 3.21. The van der Waals surface area contributed by atoms with Crippen LogP contribution in [0.4, 0.5) is 5.82 Å². The van der Waals surface area contributed by atoms with Crippen LogP contribution in [0, 0.1) is 6.92 Å². The molecule has 7 heteroatoms. The lowest BCUT2D eigenvalue weighted by molar-refractivity contribution is -0.148. The van der Waals surface area contributed by atoms with Crippen molar-refractivity contribution in [1.82, 2.24) is 5.16 Å². The van der Waals surface area contributed by atoms with Gasteiger partial charge in [-0.25, -0.2) is 4.79 Å². The Morgan fingerprint density at radius 3 is 2.70 bits per heavy atom. The standard InChI is InChI=1S/C20H18N2O4S/c1-13-12-18(22-26-13)21-20(24)14(2)25-19(23)11-9-16-8-10-17(27-16)15-6-4-3-5-7-15/h3-12,14H,1-2H3,(H,21,22,24)/b11-9+/t14-/m1/s1. The van der Waals surface area contributed by atoms with Gasteiger partial charge in [-0.05, 0) is 37.6 Å². The van der Waals surface area contributed by atoms with Crippen molar-refractivity contribution in [2.45, 2.75) is 20.0 Å². The van der Waals surface area contributed by atoms with Crippen LogP contribution in [-0.2, 0) is 14.3 Å². The predicted octanol–water partition coefficient (Wildman–Crippen LogP) is 4.30. The second-order valence-corrected chi connectivity index (χ2v) is 6.91. The Bertz CT molecular complexity index is 959. The molecule has 6 nitrogen and oxygen atoms in total. The van der Waals surface area contributed by atoms with Crippen LogP contribution in [-0.4, -0.2) is 23.1 Å². The number of ether oxygens (including phenoxy) is 1. The largest absolute Gasteiger partial charge is 0.449 e. The highest BCUT2D eigenvalue weighted by atomic mass is 32.1. The fraction of sp³-hybridized carbons (Fsp3) is 0.150. The zero-order chi connectivity index (χ0) is 19.2. The average Bonchev–Trinajstić information content (AvgIpc) is 3.29. The molecule has 0 fully saturated rings. The van der Waals surface area contributed by atoms with Crippen LogP contribution in [0.25, 0.3) is 16.5 Å². The fourth-order valence-electron chi connectivity index (χ4n) is 2.27. The number of esters is 1. The smallest absolute Gasteiger partial charge is 0.331 e. The van der Waals surface area contributed by atoms with E-state index in [1.807, 2.05) is 42.5 Å². The summed E-state index contributed by atoms with van der Waals surface area (Å²) in [5.74, 6) is -0.220. The first-order valence-corrected chi connectivity index (χ1v) is 9.11. The van der Waals surface area contributed by atoms with E-state index >= 15 is 0 Å².